The number of halogens is 1. The zero-order chi connectivity index (χ0) is 17.4. The molecule has 2 rings (SSSR count). The summed E-state index contributed by atoms with van der Waals surface area (Å²) in [7, 11) is -3.89. The van der Waals surface area contributed by atoms with Crippen LogP contribution in [0.3, 0.4) is 0 Å². The average Bonchev–Trinajstić information content (AvgIpc) is 2.49. The van der Waals surface area contributed by atoms with Gasteiger partial charge in [0.25, 0.3) is 5.69 Å². The van der Waals surface area contributed by atoms with E-state index in [9.17, 15) is 18.5 Å². The molecule has 1 aliphatic heterocycles. The molecule has 128 valence electrons. The molecule has 1 aromatic carbocycles. The van der Waals surface area contributed by atoms with Gasteiger partial charge in [0.2, 0.25) is 10.0 Å². The van der Waals surface area contributed by atoms with E-state index in [2.05, 4.69) is 0 Å². The number of nitrogens with two attached hydrogens (primary N) is 1. The molecule has 0 aliphatic carbocycles. The van der Waals surface area contributed by atoms with E-state index in [-0.39, 0.29) is 33.3 Å². The lowest BCUT2D eigenvalue weighted by Crippen LogP contribution is -2.51. The highest BCUT2D eigenvalue weighted by molar-refractivity contribution is 7.89. The van der Waals surface area contributed by atoms with Crippen molar-refractivity contribution < 1.29 is 13.3 Å². The molecule has 2 atom stereocenters. The zero-order valence-electron chi connectivity index (χ0n) is 13.0. The van der Waals surface area contributed by atoms with E-state index in [1.807, 2.05) is 0 Å². The van der Waals surface area contributed by atoms with Crippen molar-refractivity contribution in [2.45, 2.75) is 50.1 Å². The Morgan fingerprint density at radius 2 is 2.09 bits per heavy atom. The molecular weight excluding hydrogens is 342 g/mol. The van der Waals surface area contributed by atoms with Crippen LogP contribution in [0.25, 0.3) is 0 Å². The monoisotopic (exact) mass is 361 g/mol. The van der Waals surface area contributed by atoms with E-state index in [1.54, 1.807) is 6.92 Å². The molecule has 7 nitrogen and oxygen atoms in total. The van der Waals surface area contributed by atoms with Crippen LogP contribution in [0.5, 0.6) is 0 Å². The first kappa shape index (κ1) is 18.1. The Morgan fingerprint density at radius 1 is 1.43 bits per heavy atom. The normalized spacial score (nSPS) is 21.1. The van der Waals surface area contributed by atoms with Crippen molar-refractivity contribution in [2.24, 2.45) is 5.73 Å². The van der Waals surface area contributed by atoms with Gasteiger partial charge in [-0.25, -0.2) is 8.42 Å². The van der Waals surface area contributed by atoms with Crippen molar-refractivity contribution >= 4 is 27.3 Å². The van der Waals surface area contributed by atoms with Gasteiger partial charge in [-0.1, -0.05) is 18.0 Å². The lowest BCUT2D eigenvalue weighted by molar-refractivity contribution is -0.385. The van der Waals surface area contributed by atoms with E-state index in [1.165, 1.54) is 17.3 Å². The van der Waals surface area contributed by atoms with Gasteiger partial charge in [0.1, 0.15) is 0 Å². The third kappa shape index (κ3) is 3.50. The Labute approximate surface area is 140 Å². The highest BCUT2D eigenvalue weighted by Gasteiger charge is 2.36. The summed E-state index contributed by atoms with van der Waals surface area (Å²) in [6, 6.07) is 1.71. The fourth-order valence-electron chi connectivity index (χ4n) is 2.87. The maximum atomic E-state index is 12.9. The number of nitrogens with zero attached hydrogens (tertiary/aromatic N) is 2. The van der Waals surface area contributed by atoms with Gasteiger partial charge in [-0.2, -0.15) is 4.31 Å². The molecule has 0 saturated carbocycles. The van der Waals surface area contributed by atoms with Gasteiger partial charge in [0.05, 0.1) is 14.8 Å². The molecule has 0 bridgehead atoms. The minimum Gasteiger partial charge on any atom is -0.326 e. The highest BCUT2D eigenvalue weighted by Crippen LogP contribution is 2.33. The predicted molar refractivity (Wildman–Crippen MR) is 88.0 cm³/mol. The Morgan fingerprint density at radius 3 is 2.65 bits per heavy atom. The van der Waals surface area contributed by atoms with Crippen LogP contribution in [0.4, 0.5) is 5.69 Å². The first-order valence-electron chi connectivity index (χ1n) is 7.38. The third-order valence-corrected chi connectivity index (χ3v) is 6.49. The number of sulfonamides is 1. The zero-order valence-corrected chi connectivity index (χ0v) is 14.6. The van der Waals surface area contributed by atoms with Crippen LogP contribution in [-0.2, 0) is 10.0 Å². The van der Waals surface area contributed by atoms with Crippen molar-refractivity contribution in [1.29, 1.82) is 0 Å². The first-order chi connectivity index (χ1) is 10.7. The van der Waals surface area contributed by atoms with E-state index >= 15 is 0 Å². The van der Waals surface area contributed by atoms with Gasteiger partial charge in [0.15, 0.2) is 0 Å². The number of hydrogen-bond donors (Lipinski definition) is 1. The van der Waals surface area contributed by atoms with Gasteiger partial charge in [-0.15, -0.1) is 0 Å². The highest BCUT2D eigenvalue weighted by atomic mass is 35.5. The number of benzene rings is 1. The minimum atomic E-state index is -3.89. The largest absolute Gasteiger partial charge is 0.326 e. The SMILES string of the molecule is Cc1c(Cl)cc(S(=O)(=O)N2CCCCC2C(C)N)cc1[N+](=O)[O-]. The summed E-state index contributed by atoms with van der Waals surface area (Å²) in [5.41, 5.74) is 5.87. The molecule has 0 spiro atoms. The number of piperidine rings is 1. The van der Waals surface area contributed by atoms with E-state index in [0.717, 1.165) is 18.9 Å². The lowest BCUT2D eigenvalue weighted by atomic mass is 10.00. The molecule has 1 heterocycles. The number of nitro benzene ring substituents is 1. The molecule has 0 amide bonds. The molecule has 1 fully saturated rings. The van der Waals surface area contributed by atoms with Gasteiger partial charge < -0.3 is 5.73 Å². The second-order valence-corrected chi connectivity index (χ2v) is 8.14. The van der Waals surface area contributed by atoms with Crippen LogP contribution < -0.4 is 5.73 Å². The Balaban J connectivity index is 2.53. The van der Waals surface area contributed by atoms with Crippen molar-refractivity contribution in [1.82, 2.24) is 4.31 Å². The molecule has 0 radical (unpaired) electrons. The second kappa shape index (κ2) is 6.72. The maximum absolute atomic E-state index is 12.9. The van der Waals surface area contributed by atoms with Crippen LogP contribution in [-0.4, -0.2) is 36.3 Å². The molecule has 1 saturated heterocycles. The smallest absolute Gasteiger partial charge is 0.275 e. The molecule has 2 N–H and O–H groups in total. The van der Waals surface area contributed by atoms with E-state index in [0.29, 0.717) is 13.0 Å². The summed E-state index contributed by atoms with van der Waals surface area (Å²) >= 11 is 5.99. The van der Waals surface area contributed by atoms with Gasteiger partial charge in [-0.3, -0.25) is 10.1 Å². The molecule has 23 heavy (non-hydrogen) atoms. The molecular formula is C14H20ClN3O4S. The van der Waals surface area contributed by atoms with Gasteiger partial charge >= 0.3 is 0 Å². The van der Waals surface area contributed by atoms with Crippen LogP contribution in [0.2, 0.25) is 5.02 Å². The van der Waals surface area contributed by atoms with Crippen molar-refractivity contribution in [3.8, 4) is 0 Å². The van der Waals surface area contributed by atoms with Crippen molar-refractivity contribution in [2.75, 3.05) is 6.54 Å². The number of hydrogen-bond acceptors (Lipinski definition) is 5. The molecule has 1 aliphatic rings. The van der Waals surface area contributed by atoms with Crippen molar-refractivity contribution in [3.63, 3.8) is 0 Å². The quantitative estimate of drug-likeness (QED) is 0.654. The fourth-order valence-corrected chi connectivity index (χ4v) is 4.97. The summed E-state index contributed by atoms with van der Waals surface area (Å²) in [4.78, 5) is 10.3. The fraction of sp³-hybridized carbons (Fsp3) is 0.571. The summed E-state index contributed by atoms with van der Waals surface area (Å²) in [6.45, 7) is 3.61. The standard InChI is InChI=1S/C14H20ClN3O4S/c1-9-12(15)7-11(8-14(9)18(19)20)23(21,22)17-6-4-3-5-13(17)10(2)16/h7-8,10,13H,3-6,16H2,1-2H3. The van der Waals surface area contributed by atoms with E-state index < -0.39 is 14.9 Å². The summed E-state index contributed by atoms with van der Waals surface area (Å²) < 4.78 is 27.2. The summed E-state index contributed by atoms with van der Waals surface area (Å²) in [5, 5.41) is 11.2. The third-order valence-electron chi connectivity index (χ3n) is 4.20. The Bertz CT molecular complexity index is 721. The Hall–Kier alpha value is -1.22. The predicted octanol–water partition coefficient (Wildman–Crippen LogP) is 2.45. The molecule has 2 unspecified atom stereocenters. The van der Waals surface area contributed by atoms with Crippen LogP contribution in [0, 0.1) is 17.0 Å². The summed E-state index contributed by atoms with van der Waals surface area (Å²) in [5.74, 6) is 0. The van der Waals surface area contributed by atoms with Gasteiger partial charge in [-0.05, 0) is 32.8 Å². The number of nitro groups is 1. The molecule has 0 aromatic heterocycles. The molecule has 9 heteroatoms. The topological polar surface area (TPSA) is 107 Å². The van der Waals surface area contributed by atoms with Crippen molar-refractivity contribution in [3.05, 3.63) is 32.8 Å². The number of rotatable bonds is 4. The second-order valence-electron chi connectivity index (χ2n) is 5.84. The molecule has 1 aromatic rings. The van der Waals surface area contributed by atoms with Crippen LogP contribution in [0.15, 0.2) is 17.0 Å². The van der Waals surface area contributed by atoms with E-state index in [4.69, 9.17) is 17.3 Å². The maximum Gasteiger partial charge on any atom is 0.275 e. The average molecular weight is 362 g/mol. The Kier molecular flexibility index (Phi) is 5.30. The lowest BCUT2D eigenvalue weighted by Gasteiger charge is -2.36. The van der Waals surface area contributed by atoms with Crippen LogP contribution >= 0.6 is 11.6 Å². The minimum absolute atomic E-state index is 0.0622. The van der Waals surface area contributed by atoms with Crippen LogP contribution in [0.1, 0.15) is 31.7 Å². The summed E-state index contributed by atoms with van der Waals surface area (Å²) in [6.07, 6.45) is 2.33. The first-order valence-corrected chi connectivity index (χ1v) is 9.20. The van der Waals surface area contributed by atoms with Gasteiger partial charge in [0, 0.05) is 30.3 Å².